The number of methoxy groups -OCH3 is 2. The second-order valence-corrected chi connectivity index (χ2v) is 3.49. The lowest BCUT2D eigenvalue weighted by Crippen LogP contribution is -2.14. The van der Waals surface area contributed by atoms with Crippen LogP contribution in [0.2, 0.25) is 0 Å². The van der Waals surface area contributed by atoms with Crippen LogP contribution in [0.3, 0.4) is 0 Å². The minimum Gasteiger partial charge on any atom is -0.481 e. The van der Waals surface area contributed by atoms with E-state index in [1.165, 1.54) is 31.2 Å². The molecule has 9 nitrogen and oxygen atoms in total. The van der Waals surface area contributed by atoms with Crippen LogP contribution in [0, 0.1) is 0 Å². The van der Waals surface area contributed by atoms with Gasteiger partial charge in [-0.25, -0.2) is 4.68 Å². The maximum atomic E-state index is 11.1. The van der Waals surface area contributed by atoms with Gasteiger partial charge in [-0.2, -0.15) is 15.1 Å². The number of amides is 1. The predicted octanol–water partition coefficient (Wildman–Crippen LogP) is -0.639. The summed E-state index contributed by atoms with van der Waals surface area (Å²) in [6.45, 7) is 0. The Balaban J connectivity index is 2.51. The molecule has 2 aromatic heterocycles. The minimum absolute atomic E-state index is 0.0506. The molecule has 0 atom stereocenters. The molecule has 1 amide bonds. The molecule has 0 aliphatic rings. The summed E-state index contributed by atoms with van der Waals surface area (Å²) >= 11 is 0. The van der Waals surface area contributed by atoms with E-state index in [2.05, 4.69) is 15.1 Å². The summed E-state index contributed by atoms with van der Waals surface area (Å²) in [6, 6.07) is 1.51. The fourth-order valence-electron chi connectivity index (χ4n) is 1.39. The number of nitrogens with zero attached hydrogens (tertiary/aromatic N) is 4. The van der Waals surface area contributed by atoms with Gasteiger partial charge >= 0.3 is 0 Å². The minimum atomic E-state index is -0.730. The molecule has 2 rings (SSSR count). The highest BCUT2D eigenvalue weighted by Crippen LogP contribution is 2.18. The highest BCUT2D eigenvalue weighted by molar-refractivity contribution is 5.95. The van der Waals surface area contributed by atoms with Crippen molar-refractivity contribution in [3.05, 3.63) is 18.0 Å². The third-order valence-electron chi connectivity index (χ3n) is 2.27. The third-order valence-corrected chi connectivity index (χ3v) is 2.27. The smallest absolute Gasteiger partial charge is 0.271 e. The normalized spacial score (nSPS) is 10.2. The number of nitrogens with two attached hydrogens (primary N) is 2. The molecule has 2 aromatic rings. The molecule has 0 saturated carbocycles. The van der Waals surface area contributed by atoms with Crippen molar-refractivity contribution in [3.63, 3.8) is 0 Å². The number of hydrogen-bond acceptors (Lipinski definition) is 7. The number of nitrogen functional groups attached to an aromatic ring is 1. The Morgan fingerprint density at radius 1 is 1.26 bits per heavy atom. The van der Waals surface area contributed by atoms with Gasteiger partial charge in [-0.3, -0.25) is 4.79 Å². The Kier molecular flexibility index (Phi) is 3.19. The number of hydrogen-bond donors (Lipinski definition) is 2. The van der Waals surface area contributed by atoms with Crippen molar-refractivity contribution in [2.75, 3.05) is 20.0 Å². The van der Waals surface area contributed by atoms with Gasteiger partial charge in [0.1, 0.15) is 0 Å². The van der Waals surface area contributed by atoms with Gasteiger partial charge < -0.3 is 20.9 Å². The number of carbonyl (C=O) groups excluding carboxylic acids is 1. The highest BCUT2D eigenvalue weighted by atomic mass is 16.5. The molecule has 4 N–H and O–H groups in total. The molecule has 0 aliphatic heterocycles. The van der Waals surface area contributed by atoms with Gasteiger partial charge in [-0.15, -0.1) is 0 Å². The van der Waals surface area contributed by atoms with Crippen LogP contribution in [0.1, 0.15) is 10.5 Å². The van der Waals surface area contributed by atoms with Crippen LogP contribution in [0.5, 0.6) is 11.8 Å². The maximum Gasteiger partial charge on any atom is 0.271 e. The fraction of sp³-hybridized carbons (Fsp3) is 0.200. The fourth-order valence-corrected chi connectivity index (χ4v) is 1.39. The van der Waals surface area contributed by atoms with Crippen molar-refractivity contribution >= 4 is 11.6 Å². The van der Waals surface area contributed by atoms with Gasteiger partial charge in [0.05, 0.1) is 32.2 Å². The van der Waals surface area contributed by atoms with Crippen molar-refractivity contribution in [3.8, 4) is 17.7 Å². The summed E-state index contributed by atoms with van der Waals surface area (Å²) < 4.78 is 11.2. The van der Waals surface area contributed by atoms with Crippen molar-refractivity contribution in [2.24, 2.45) is 5.73 Å². The van der Waals surface area contributed by atoms with Gasteiger partial charge in [0.15, 0.2) is 5.69 Å². The summed E-state index contributed by atoms with van der Waals surface area (Å²) in [6.07, 6.45) is 1.38. The number of carbonyl (C=O) groups is 1. The Hall–Kier alpha value is -2.84. The largest absolute Gasteiger partial charge is 0.481 e. The molecule has 0 aromatic carbocycles. The van der Waals surface area contributed by atoms with E-state index in [-0.39, 0.29) is 29.1 Å². The van der Waals surface area contributed by atoms with E-state index in [4.69, 9.17) is 20.9 Å². The predicted molar refractivity (Wildman–Crippen MR) is 65.2 cm³/mol. The first-order valence-electron chi connectivity index (χ1n) is 5.17. The average Bonchev–Trinajstić information content (AvgIpc) is 2.80. The van der Waals surface area contributed by atoms with Gasteiger partial charge in [0.2, 0.25) is 11.8 Å². The second-order valence-electron chi connectivity index (χ2n) is 3.49. The summed E-state index contributed by atoms with van der Waals surface area (Å²) in [5.74, 6) is -0.00500. The zero-order valence-electron chi connectivity index (χ0n) is 10.3. The van der Waals surface area contributed by atoms with E-state index >= 15 is 0 Å². The SMILES string of the molecule is COc1cc(OC)nc(-n2cc(N)c(C(N)=O)n2)n1. The van der Waals surface area contributed by atoms with Crippen LogP contribution in [0.25, 0.3) is 5.95 Å². The van der Waals surface area contributed by atoms with Crippen molar-refractivity contribution < 1.29 is 14.3 Å². The van der Waals surface area contributed by atoms with E-state index in [1.54, 1.807) is 0 Å². The van der Waals surface area contributed by atoms with Gasteiger partial charge in [-0.05, 0) is 0 Å². The van der Waals surface area contributed by atoms with Crippen LogP contribution in [0.4, 0.5) is 5.69 Å². The number of rotatable bonds is 4. The summed E-state index contributed by atoms with van der Waals surface area (Å²) in [7, 11) is 2.91. The maximum absolute atomic E-state index is 11.1. The molecule has 0 saturated heterocycles. The van der Waals surface area contributed by atoms with Crippen molar-refractivity contribution in [2.45, 2.75) is 0 Å². The van der Waals surface area contributed by atoms with Crippen LogP contribution >= 0.6 is 0 Å². The molecule has 100 valence electrons. The zero-order valence-corrected chi connectivity index (χ0v) is 10.3. The summed E-state index contributed by atoms with van der Waals surface area (Å²) in [5.41, 5.74) is 10.8. The summed E-state index contributed by atoms with van der Waals surface area (Å²) in [5, 5.41) is 3.91. The third kappa shape index (κ3) is 2.39. The first-order chi connectivity index (χ1) is 9.05. The molecule has 9 heteroatoms. The molecule has 0 radical (unpaired) electrons. The molecule has 2 heterocycles. The number of primary amides is 1. The molecule has 0 fully saturated rings. The Morgan fingerprint density at radius 2 is 1.84 bits per heavy atom. The number of anilines is 1. The topological polar surface area (TPSA) is 131 Å². The highest BCUT2D eigenvalue weighted by Gasteiger charge is 2.15. The molecular weight excluding hydrogens is 252 g/mol. The van der Waals surface area contributed by atoms with Gasteiger partial charge in [0, 0.05) is 0 Å². The lowest BCUT2D eigenvalue weighted by Gasteiger charge is -2.05. The number of ether oxygens (including phenoxy) is 2. The van der Waals surface area contributed by atoms with Crippen molar-refractivity contribution in [1.29, 1.82) is 0 Å². The molecule has 0 unspecified atom stereocenters. The first-order valence-corrected chi connectivity index (χ1v) is 5.17. The lowest BCUT2D eigenvalue weighted by atomic mass is 10.4. The quantitative estimate of drug-likeness (QED) is 0.750. The zero-order chi connectivity index (χ0) is 14.0. The Labute approximate surface area is 108 Å². The second kappa shape index (κ2) is 4.80. The van der Waals surface area contributed by atoms with Crippen LogP contribution < -0.4 is 20.9 Å². The average molecular weight is 264 g/mol. The Morgan fingerprint density at radius 3 is 2.26 bits per heavy atom. The van der Waals surface area contributed by atoms with Crippen LogP contribution in [-0.4, -0.2) is 39.9 Å². The van der Waals surface area contributed by atoms with E-state index in [0.29, 0.717) is 0 Å². The summed E-state index contributed by atoms with van der Waals surface area (Å²) in [4.78, 5) is 19.2. The Bertz CT molecular complexity index is 601. The molecular formula is C10H12N6O3. The monoisotopic (exact) mass is 264 g/mol. The van der Waals surface area contributed by atoms with E-state index in [9.17, 15) is 4.79 Å². The van der Waals surface area contributed by atoms with E-state index < -0.39 is 5.91 Å². The first kappa shape index (κ1) is 12.6. The lowest BCUT2D eigenvalue weighted by molar-refractivity contribution is 0.0996. The van der Waals surface area contributed by atoms with Crippen LogP contribution in [-0.2, 0) is 0 Å². The van der Waals surface area contributed by atoms with Crippen molar-refractivity contribution in [1.82, 2.24) is 19.7 Å². The van der Waals surface area contributed by atoms with E-state index in [1.807, 2.05) is 0 Å². The van der Waals surface area contributed by atoms with E-state index in [0.717, 1.165) is 0 Å². The van der Waals surface area contributed by atoms with Crippen LogP contribution in [0.15, 0.2) is 12.3 Å². The van der Waals surface area contributed by atoms with Gasteiger partial charge in [0.25, 0.3) is 11.9 Å². The van der Waals surface area contributed by atoms with Gasteiger partial charge in [-0.1, -0.05) is 0 Å². The molecule has 19 heavy (non-hydrogen) atoms. The standard InChI is InChI=1S/C10H12N6O3/c1-18-6-3-7(19-2)14-10(13-6)16-4-5(11)8(15-16)9(12)17/h3-4H,11H2,1-2H3,(H2,12,17). The molecule has 0 spiro atoms. The molecule has 0 bridgehead atoms. The number of aromatic nitrogens is 4. The molecule has 0 aliphatic carbocycles.